The van der Waals surface area contributed by atoms with Crippen LogP contribution in [-0.4, -0.2) is 46.1 Å². The fourth-order valence-electron chi connectivity index (χ4n) is 4.78. The molecule has 0 saturated carbocycles. The molecule has 0 unspecified atom stereocenters. The van der Waals surface area contributed by atoms with E-state index in [9.17, 15) is 9.59 Å². The first kappa shape index (κ1) is 23.0. The number of benzene rings is 1. The van der Waals surface area contributed by atoms with Crippen LogP contribution in [0.15, 0.2) is 53.8 Å². The molecule has 0 radical (unpaired) electrons. The number of rotatable bonds is 0. The number of carbonyl (C=O) groups excluding carboxylic acids is 2. The Morgan fingerprint density at radius 2 is 1.63 bits per heavy atom. The number of anilines is 2. The molecule has 0 atom stereocenters. The van der Waals surface area contributed by atoms with E-state index in [1.54, 1.807) is 24.5 Å². The van der Waals surface area contributed by atoms with E-state index in [0.29, 0.717) is 34.9 Å². The van der Waals surface area contributed by atoms with E-state index >= 15 is 0 Å². The van der Waals surface area contributed by atoms with Gasteiger partial charge in [0, 0.05) is 43.0 Å². The van der Waals surface area contributed by atoms with E-state index in [1.165, 1.54) is 4.68 Å². The molecule has 5 rings (SSSR count). The van der Waals surface area contributed by atoms with Gasteiger partial charge >= 0.3 is 0 Å². The van der Waals surface area contributed by atoms with Crippen molar-refractivity contribution in [2.45, 2.75) is 51.9 Å². The minimum atomic E-state index is -0.321. The smallest absolute Gasteiger partial charge is 0.280 e. The van der Waals surface area contributed by atoms with Gasteiger partial charge < -0.3 is 9.80 Å². The number of para-hydroxylation sites is 2. The molecule has 1 aromatic carbocycles. The topological polar surface area (TPSA) is 83.7 Å². The molecule has 35 heavy (non-hydrogen) atoms. The lowest BCUT2D eigenvalue weighted by molar-refractivity contribution is 0.0882. The number of fused-ring (bicyclic) bond motifs is 8. The lowest BCUT2D eigenvalue weighted by atomic mass is 10.1. The molecule has 2 aliphatic heterocycles. The number of guanidine groups is 1. The fraction of sp³-hybridized carbons (Fsp3) is 0.370. The second-order valence-electron chi connectivity index (χ2n) is 9.24. The third-order valence-corrected chi connectivity index (χ3v) is 6.63. The van der Waals surface area contributed by atoms with Crippen LogP contribution in [0.3, 0.4) is 0 Å². The van der Waals surface area contributed by atoms with Gasteiger partial charge in [0.1, 0.15) is 0 Å². The zero-order valence-corrected chi connectivity index (χ0v) is 20.3. The monoisotopic (exact) mass is 470 g/mol. The Balaban J connectivity index is 1.53. The van der Waals surface area contributed by atoms with Crippen molar-refractivity contribution in [3.05, 3.63) is 60.0 Å². The first-order valence-electron chi connectivity index (χ1n) is 12.3. The molecule has 0 fully saturated rings. The summed E-state index contributed by atoms with van der Waals surface area (Å²) in [5, 5.41) is 4.25. The molecular formula is C27H30N6O2. The number of pyridine rings is 1. The number of nitrogens with zero attached hydrogens (tertiary/aromatic N) is 6. The Hall–Kier alpha value is -3.81. The van der Waals surface area contributed by atoms with Crippen LogP contribution in [0.5, 0.6) is 0 Å². The van der Waals surface area contributed by atoms with E-state index in [4.69, 9.17) is 0 Å². The number of carbonyl (C=O) groups is 2. The Bertz CT molecular complexity index is 1290. The van der Waals surface area contributed by atoms with Gasteiger partial charge in [-0.3, -0.25) is 14.6 Å². The zero-order chi connectivity index (χ0) is 24.4. The highest BCUT2D eigenvalue weighted by atomic mass is 16.2. The quantitative estimate of drug-likeness (QED) is 0.455. The van der Waals surface area contributed by atoms with Crippen molar-refractivity contribution in [1.82, 2.24) is 14.8 Å². The minimum Gasteiger partial charge on any atom is -0.313 e. The molecule has 180 valence electrons. The number of hydrogen-bond acceptors (Lipinski definition) is 6. The molecule has 3 aromatic rings. The van der Waals surface area contributed by atoms with Crippen molar-refractivity contribution >= 4 is 29.1 Å². The number of aryl methyl sites for hydroxylation is 1. The van der Waals surface area contributed by atoms with Crippen molar-refractivity contribution < 1.29 is 9.59 Å². The van der Waals surface area contributed by atoms with Crippen LogP contribution in [0.4, 0.5) is 11.4 Å². The van der Waals surface area contributed by atoms with Gasteiger partial charge in [-0.1, -0.05) is 37.8 Å². The largest absolute Gasteiger partial charge is 0.313 e. The summed E-state index contributed by atoms with van der Waals surface area (Å²) in [5.74, 6) is 0.299. The van der Waals surface area contributed by atoms with E-state index in [-0.39, 0.29) is 11.8 Å². The van der Waals surface area contributed by atoms with E-state index in [1.807, 2.05) is 31.0 Å². The second kappa shape index (κ2) is 9.82. The summed E-state index contributed by atoms with van der Waals surface area (Å²) < 4.78 is 1.39. The highest BCUT2D eigenvalue weighted by molar-refractivity contribution is 6.20. The molecule has 8 nitrogen and oxygen atoms in total. The minimum absolute atomic E-state index is 0.0214. The summed E-state index contributed by atoms with van der Waals surface area (Å²) >= 11 is 0. The number of amides is 1. The van der Waals surface area contributed by atoms with E-state index in [0.717, 1.165) is 56.4 Å². The molecule has 4 heterocycles. The summed E-state index contributed by atoms with van der Waals surface area (Å²) in [6.07, 6.45) is 9.99. The van der Waals surface area contributed by atoms with Gasteiger partial charge in [0.25, 0.3) is 5.91 Å². The molecular weight excluding hydrogens is 440 g/mol. The molecule has 2 aromatic heterocycles. The van der Waals surface area contributed by atoms with Gasteiger partial charge in [-0.2, -0.15) is 10.1 Å². The Morgan fingerprint density at radius 1 is 0.886 bits per heavy atom. The summed E-state index contributed by atoms with van der Waals surface area (Å²) in [4.78, 5) is 39.2. The molecule has 4 bridgehead atoms. The van der Waals surface area contributed by atoms with Crippen LogP contribution in [0.1, 0.15) is 65.8 Å². The summed E-state index contributed by atoms with van der Waals surface area (Å²) in [5.41, 5.74) is 4.59. The first-order valence-corrected chi connectivity index (χ1v) is 12.3. The molecule has 0 saturated heterocycles. The maximum atomic E-state index is 13.4. The lowest BCUT2D eigenvalue weighted by Gasteiger charge is -2.21. The zero-order valence-electron chi connectivity index (χ0n) is 20.3. The number of aliphatic imine (C=N–C) groups is 1. The van der Waals surface area contributed by atoms with Crippen LogP contribution < -0.4 is 9.80 Å². The molecule has 8 heteroatoms. The van der Waals surface area contributed by atoms with Crippen LogP contribution in [0, 0.1) is 6.92 Å². The lowest BCUT2D eigenvalue weighted by Crippen LogP contribution is -2.37. The Morgan fingerprint density at radius 3 is 2.46 bits per heavy atom. The fourth-order valence-corrected chi connectivity index (χ4v) is 4.78. The maximum absolute atomic E-state index is 13.4. The van der Waals surface area contributed by atoms with Crippen LogP contribution in [-0.2, 0) is 0 Å². The summed E-state index contributed by atoms with van der Waals surface area (Å²) in [6.45, 7) is 2.65. The second-order valence-corrected chi connectivity index (χ2v) is 9.24. The Kier molecular flexibility index (Phi) is 6.44. The highest BCUT2D eigenvalue weighted by Gasteiger charge is 2.30. The standard InChI is InChI=1S/C27H30N6O2/c1-19-15-20-16-22(29-19)21-17-28-33(18-21)25(34)13-7-5-3-4-6-10-14-32-24-12-9-8-11-23(24)31(2)27(32)30-26(20)35/h8-9,11-12,15-18H,3-7,10,13-14H2,1-2H3/b30-27+. The third-order valence-electron chi connectivity index (χ3n) is 6.63. The Labute approximate surface area is 205 Å². The van der Waals surface area contributed by atoms with Gasteiger partial charge in [-0.05, 0) is 44.0 Å². The molecule has 2 aliphatic rings. The summed E-state index contributed by atoms with van der Waals surface area (Å²) in [6, 6.07) is 11.6. The first-order chi connectivity index (χ1) is 17.0. The van der Waals surface area contributed by atoms with Gasteiger partial charge in [-0.15, -0.1) is 0 Å². The number of aromatic nitrogens is 3. The SMILES string of the molecule is Cc1cc2cc(n1)-c1cnn(c1)C(=O)CCCCCCCCN1/C(=N/C2=O)N(C)c2ccccc21. The van der Waals surface area contributed by atoms with Crippen molar-refractivity contribution in [3.63, 3.8) is 0 Å². The predicted octanol–water partition coefficient (Wildman–Crippen LogP) is 5.09. The van der Waals surface area contributed by atoms with Crippen molar-refractivity contribution in [3.8, 4) is 11.3 Å². The molecule has 1 amide bonds. The van der Waals surface area contributed by atoms with Crippen LogP contribution >= 0.6 is 0 Å². The molecule has 0 spiro atoms. The average Bonchev–Trinajstić information content (AvgIpc) is 3.45. The van der Waals surface area contributed by atoms with Gasteiger partial charge in [0.15, 0.2) is 0 Å². The average molecular weight is 471 g/mol. The van der Waals surface area contributed by atoms with Gasteiger partial charge in [0.05, 0.1) is 23.3 Å². The van der Waals surface area contributed by atoms with Crippen LogP contribution in [0.2, 0.25) is 0 Å². The normalized spacial score (nSPS) is 18.7. The van der Waals surface area contributed by atoms with Gasteiger partial charge in [0.2, 0.25) is 11.9 Å². The third kappa shape index (κ3) is 4.73. The van der Waals surface area contributed by atoms with E-state index in [2.05, 4.69) is 32.1 Å². The predicted molar refractivity (Wildman–Crippen MR) is 137 cm³/mol. The molecule has 0 aliphatic carbocycles. The van der Waals surface area contributed by atoms with Crippen molar-refractivity contribution in [2.75, 3.05) is 23.4 Å². The molecule has 0 N–H and O–H groups in total. The van der Waals surface area contributed by atoms with Crippen LogP contribution in [0.25, 0.3) is 11.3 Å². The van der Waals surface area contributed by atoms with Crippen molar-refractivity contribution in [2.24, 2.45) is 4.99 Å². The van der Waals surface area contributed by atoms with Crippen molar-refractivity contribution in [1.29, 1.82) is 0 Å². The highest BCUT2D eigenvalue weighted by Crippen LogP contribution is 2.36. The summed E-state index contributed by atoms with van der Waals surface area (Å²) in [7, 11) is 1.95. The van der Waals surface area contributed by atoms with E-state index < -0.39 is 0 Å². The van der Waals surface area contributed by atoms with Gasteiger partial charge in [-0.25, -0.2) is 4.68 Å². The maximum Gasteiger partial charge on any atom is 0.280 e. The number of hydrogen-bond donors (Lipinski definition) is 0.